The first kappa shape index (κ1) is 10.6. The highest BCUT2D eigenvalue weighted by molar-refractivity contribution is 7.10. The maximum absolute atomic E-state index is 4.65. The lowest BCUT2D eigenvalue weighted by molar-refractivity contribution is 0.609. The fourth-order valence-electron chi connectivity index (χ4n) is 3.20. The van der Waals surface area contributed by atoms with Gasteiger partial charge in [-0.25, -0.2) is 0 Å². The van der Waals surface area contributed by atoms with Gasteiger partial charge in [0, 0.05) is 16.8 Å². The average molecular weight is 271 g/mol. The Bertz CT molecular complexity index is 616. The van der Waals surface area contributed by atoms with E-state index in [0.29, 0.717) is 12.0 Å². The molecule has 0 aliphatic heterocycles. The van der Waals surface area contributed by atoms with E-state index in [2.05, 4.69) is 32.3 Å². The molecule has 2 heterocycles. The summed E-state index contributed by atoms with van der Waals surface area (Å²) in [5.41, 5.74) is 0.219. The van der Waals surface area contributed by atoms with E-state index in [9.17, 15) is 0 Å². The van der Waals surface area contributed by atoms with Gasteiger partial charge in [-0.15, -0.1) is 21.5 Å². The van der Waals surface area contributed by atoms with Crippen molar-refractivity contribution in [1.29, 1.82) is 0 Å². The van der Waals surface area contributed by atoms with Gasteiger partial charge in [-0.05, 0) is 50.0 Å². The molecule has 3 aliphatic carbocycles. The molecule has 3 fully saturated rings. The van der Waals surface area contributed by atoms with E-state index in [1.165, 1.54) is 55.1 Å². The summed E-state index contributed by atoms with van der Waals surface area (Å²) in [5.74, 6) is 3.28. The third kappa shape index (κ3) is 1.49. The number of thiophene rings is 1. The summed E-state index contributed by atoms with van der Waals surface area (Å²) in [6.07, 6.45) is 7.79. The van der Waals surface area contributed by atoms with Gasteiger partial charge < -0.3 is 4.57 Å². The lowest BCUT2D eigenvalue weighted by atomic mass is 10.0. The van der Waals surface area contributed by atoms with E-state index in [1.807, 2.05) is 11.3 Å². The quantitative estimate of drug-likeness (QED) is 0.850. The number of hydrogen-bond acceptors (Lipinski definition) is 3. The predicted octanol–water partition coefficient (Wildman–Crippen LogP) is 3.63. The first-order valence-electron chi connectivity index (χ1n) is 7.38. The third-order valence-electron chi connectivity index (χ3n) is 4.75. The zero-order chi connectivity index (χ0) is 12.4. The Morgan fingerprint density at radius 1 is 1.16 bits per heavy atom. The van der Waals surface area contributed by atoms with E-state index in [-0.39, 0.29) is 5.41 Å². The maximum atomic E-state index is 4.65. The van der Waals surface area contributed by atoms with Crippen molar-refractivity contribution < 1.29 is 0 Å². The van der Waals surface area contributed by atoms with Gasteiger partial charge in [0.05, 0.1) is 5.41 Å². The molecule has 5 rings (SSSR count). The first-order valence-corrected chi connectivity index (χ1v) is 8.26. The zero-order valence-corrected chi connectivity index (χ0v) is 11.7. The lowest BCUT2D eigenvalue weighted by Gasteiger charge is -2.15. The summed E-state index contributed by atoms with van der Waals surface area (Å²) in [5, 5.41) is 11.4. The molecule has 98 valence electrons. The minimum absolute atomic E-state index is 0.219. The minimum Gasteiger partial charge on any atom is -0.311 e. The molecule has 0 N–H and O–H groups in total. The fourth-order valence-corrected chi connectivity index (χ4v) is 4.18. The van der Waals surface area contributed by atoms with Crippen molar-refractivity contribution in [2.45, 2.75) is 55.9 Å². The second-order valence-electron chi connectivity index (χ2n) is 6.32. The van der Waals surface area contributed by atoms with Crippen molar-refractivity contribution in [2.24, 2.45) is 0 Å². The average Bonchev–Trinajstić information content (AvgIpc) is 3.36. The summed E-state index contributed by atoms with van der Waals surface area (Å²) in [6.45, 7) is 0. The number of aromatic nitrogens is 3. The first-order chi connectivity index (χ1) is 9.38. The third-order valence-corrected chi connectivity index (χ3v) is 5.82. The van der Waals surface area contributed by atoms with Gasteiger partial charge in [-0.3, -0.25) is 0 Å². The molecule has 0 saturated heterocycles. The smallest absolute Gasteiger partial charge is 0.144 e. The molecule has 0 radical (unpaired) electrons. The van der Waals surface area contributed by atoms with E-state index in [1.54, 1.807) is 0 Å². The highest BCUT2D eigenvalue weighted by atomic mass is 32.1. The predicted molar refractivity (Wildman–Crippen MR) is 74.6 cm³/mol. The normalized spacial score (nSPS) is 24.6. The van der Waals surface area contributed by atoms with Crippen molar-refractivity contribution in [2.75, 3.05) is 0 Å². The van der Waals surface area contributed by atoms with Crippen molar-refractivity contribution >= 4 is 11.3 Å². The highest BCUT2D eigenvalue weighted by Crippen LogP contribution is 2.57. The van der Waals surface area contributed by atoms with Crippen LogP contribution in [0.3, 0.4) is 0 Å². The topological polar surface area (TPSA) is 30.7 Å². The van der Waals surface area contributed by atoms with Crippen molar-refractivity contribution in [3.63, 3.8) is 0 Å². The molecule has 0 aromatic carbocycles. The van der Waals surface area contributed by atoms with Crippen molar-refractivity contribution in [1.82, 2.24) is 14.8 Å². The van der Waals surface area contributed by atoms with Gasteiger partial charge in [0.1, 0.15) is 11.6 Å². The van der Waals surface area contributed by atoms with Gasteiger partial charge >= 0.3 is 0 Å². The van der Waals surface area contributed by atoms with Crippen molar-refractivity contribution in [3.05, 3.63) is 34.0 Å². The highest BCUT2D eigenvalue weighted by Gasteiger charge is 2.53. The van der Waals surface area contributed by atoms with Crippen molar-refractivity contribution in [3.8, 4) is 0 Å². The van der Waals surface area contributed by atoms with Gasteiger partial charge in [-0.2, -0.15) is 0 Å². The Kier molecular flexibility index (Phi) is 1.94. The van der Waals surface area contributed by atoms with Gasteiger partial charge in [0.25, 0.3) is 0 Å². The van der Waals surface area contributed by atoms with E-state index in [4.69, 9.17) is 0 Å². The van der Waals surface area contributed by atoms with Gasteiger partial charge in [0.2, 0.25) is 0 Å². The zero-order valence-electron chi connectivity index (χ0n) is 10.9. The Labute approximate surface area is 116 Å². The molecule has 3 saturated carbocycles. The molecule has 3 aliphatic rings. The van der Waals surface area contributed by atoms with E-state index in [0.717, 1.165) is 0 Å². The van der Waals surface area contributed by atoms with E-state index < -0.39 is 0 Å². The molecule has 0 amide bonds. The molecule has 0 bridgehead atoms. The minimum atomic E-state index is 0.219. The standard InChI is InChI=1S/C15H17N3S/c1-2-12(19-9-1)15(7-8-15)14-17-16-13(10-3-4-10)18(14)11-5-6-11/h1-2,9-11H,3-8H2. The summed E-state index contributed by atoms with van der Waals surface area (Å²) in [7, 11) is 0. The molecule has 0 atom stereocenters. The molecule has 19 heavy (non-hydrogen) atoms. The van der Waals surface area contributed by atoms with Crippen LogP contribution in [0.5, 0.6) is 0 Å². The maximum Gasteiger partial charge on any atom is 0.144 e. The summed E-state index contributed by atoms with van der Waals surface area (Å²) in [6, 6.07) is 5.15. The lowest BCUT2D eigenvalue weighted by Crippen LogP contribution is -2.16. The van der Waals surface area contributed by atoms with Crippen LogP contribution in [-0.4, -0.2) is 14.8 Å². The van der Waals surface area contributed by atoms with Crippen LogP contribution in [0, 0.1) is 0 Å². The Morgan fingerprint density at radius 2 is 2.00 bits per heavy atom. The van der Waals surface area contributed by atoms with Crippen LogP contribution in [0.1, 0.15) is 67.0 Å². The molecule has 2 aromatic rings. The van der Waals surface area contributed by atoms with Crippen LogP contribution in [0.25, 0.3) is 0 Å². The second-order valence-corrected chi connectivity index (χ2v) is 7.26. The van der Waals surface area contributed by atoms with Crippen LogP contribution in [0.4, 0.5) is 0 Å². The number of nitrogens with zero attached hydrogens (tertiary/aromatic N) is 3. The number of rotatable bonds is 4. The van der Waals surface area contributed by atoms with Crippen LogP contribution < -0.4 is 0 Å². The Hall–Kier alpha value is -1.16. The molecular weight excluding hydrogens is 254 g/mol. The SMILES string of the molecule is c1csc(C2(c3nnc(C4CC4)n3C3CC3)CC2)c1. The molecule has 2 aromatic heterocycles. The molecular formula is C15H17N3S. The van der Waals surface area contributed by atoms with Crippen LogP contribution in [0.15, 0.2) is 17.5 Å². The second kappa shape index (κ2) is 3.48. The summed E-state index contributed by atoms with van der Waals surface area (Å²) < 4.78 is 2.53. The molecule has 0 unspecified atom stereocenters. The Balaban J connectivity index is 1.65. The summed E-state index contributed by atoms with van der Waals surface area (Å²) >= 11 is 1.88. The van der Waals surface area contributed by atoms with Gasteiger partial charge in [-0.1, -0.05) is 6.07 Å². The largest absolute Gasteiger partial charge is 0.311 e. The van der Waals surface area contributed by atoms with Crippen LogP contribution in [-0.2, 0) is 5.41 Å². The fraction of sp³-hybridized carbons (Fsp3) is 0.600. The van der Waals surface area contributed by atoms with Crippen LogP contribution >= 0.6 is 11.3 Å². The molecule has 0 spiro atoms. The molecule has 4 heteroatoms. The van der Waals surface area contributed by atoms with Crippen LogP contribution in [0.2, 0.25) is 0 Å². The summed E-state index contributed by atoms with van der Waals surface area (Å²) in [4.78, 5) is 1.49. The van der Waals surface area contributed by atoms with E-state index >= 15 is 0 Å². The Morgan fingerprint density at radius 3 is 2.58 bits per heavy atom. The monoisotopic (exact) mass is 271 g/mol. The van der Waals surface area contributed by atoms with Gasteiger partial charge in [0.15, 0.2) is 0 Å². The number of hydrogen-bond donors (Lipinski definition) is 0. The molecule has 3 nitrogen and oxygen atoms in total.